The van der Waals surface area contributed by atoms with Gasteiger partial charge in [0.05, 0.1) is 6.61 Å². The van der Waals surface area contributed by atoms with Crippen molar-refractivity contribution in [1.29, 1.82) is 0 Å². The second-order valence-electron chi connectivity index (χ2n) is 11.2. The van der Waals surface area contributed by atoms with Crippen LogP contribution in [0.4, 0.5) is 0 Å². The van der Waals surface area contributed by atoms with Gasteiger partial charge in [0.15, 0.2) is 0 Å². The number of aryl methyl sites for hydroxylation is 1. The van der Waals surface area contributed by atoms with Crippen molar-refractivity contribution in [3.8, 4) is 16.9 Å². The molecule has 2 heterocycles. The van der Waals surface area contributed by atoms with E-state index in [2.05, 4.69) is 27.3 Å². The average molecular weight is 576 g/mol. The van der Waals surface area contributed by atoms with Crippen LogP contribution in [-0.2, 0) is 24.1 Å². The Morgan fingerprint density at radius 1 is 0.791 bits per heavy atom. The van der Waals surface area contributed by atoms with Crippen molar-refractivity contribution < 1.29 is 14.3 Å². The highest BCUT2D eigenvalue weighted by molar-refractivity contribution is 6.01. The minimum atomic E-state index is -0.0330. The fraction of sp³-hybridized carbons (Fsp3) is 0.324. The molecule has 0 bridgehead atoms. The molecule has 0 saturated carbocycles. The minimum absolute atomic E-state index is 0.0330. The van der Waals surface area contributed by atoms with Crippen LogP contribution in [0.1, 0.15) is 52.7 Å². The molecule has 1 aliphatic rings. The molecule has 0 aliphatic carbocycles. The van der Waals surface area contributed by atoms with Crippen molar-refractivity contribution in [3.05, 3.63) is 120 Å². The first kappa shape index (κ1) is 30.2. The van der Waals surface area contributed by atoms with E-state index in [0.29, 0.717) is 44.4 Å². The third-order valence-electron chi connectivity index (χ3n) is 8.02. The Morgan fingerprint density at radius 2 is 1.56 bits per heavy atom. The van der Waals surface area contributed by atoms with E-state index in [0.717, 1.165) is 53.2 Å². The highest BCUT2D eigenvalue weighted by Gasteiger charge is 2.16. The topological polar surface area (TPSA) is 71.5 Å². The Hall–Kier alpha value is -4.29. The molecule has 43 heavy (non-hydrogen) atoms. The number of hydrogen-bond donors (Lipinski definition) is 1. The number of pyridine rings is 1. The summed E-state index contributed by atoms with van der Waals surface area (Å²) in [5.74, 6) is 0.955. The summed E-state index contributed by atoms with van der Waals surface area (Å²) in [5, 5.41) is 3.14. The molecule has 222 valence electrons. The van der Waals surface area contributed by atoms with E-state index in [1.54, 1.807) is 6.20 Å². The Kier molecular flexibility index (Phi) is 11.1. The number of hydrogen-bond acceptors (Lipinski definition) is 5. The molecule has 0 unspecified atom stereocenters. The number of carbonyl (C=O) groups is 2. The molecule has 6 heteroatoms. The fourth-order valence-electron chi connectivity index (χ4n) is 5.65. The van der Waals surface area contributed by atoms with Crippen LogP contribution < -0.4 is 10.1 Å². The van der Waals surface area contributed by atoms with Crippen LogP contribution >= 0.6 is 0 Å². The number of rotatable bonds is 14. The molecule has 4 aromatic rings. The van der Waals surface area contributed by atoms with Crippen LogP contribution in [0.3, 0.4) is 0 Å². The lowest BCUT2D eigenvalue weighted by atomic mass is 9.94. The van der Waals surface area contributed by atoms with Crippen molar-refractivity contribution in [2.45, 2.75) is 44.9 Å². The molecule has 1 fully saturated rings. The van der Waals surface area contributed by atoms with Gasteiger partial charge in [0.2, 0.25) is 0 Å². The molecule has 1 saturated heterocycles. The van der Waals surface area contributed by atoms with E-state index in [1.807, 2.05) is 79.0 Å². The maximum Gasteiger partial charge on any atom is 0.251 e. The van der Waals surface area contributed by atoms with Crippen molar-refractivity contribution in [2.75, 3.05) is 32.8 Å². The predicted octanol–water partition coefficient (Wildman–Crippen LogP) is 6.33. The third-order valence-corrected chi connectivity index (χ3v) is 8.02. The molecule has 1 aliphatic heterocycles. The third kappa shape index (κ3) is 9.10. The number of nitrogens with one attached hydrogen (secondary N) is 1. The summed E-state index contributed by atoms with van der Waals surface area (Å²) in [7, 11) is 0. The Bertz CT molecular complexity index is 1460. The zero-order valence-electron chi connectivity index (χ0n) is 24.8. The lowest BCUT2D eigenvalue weighted by molar-refractivity contribution is -0.118. The molecule has 0 atom stereocenters. The van der Waals surface area contributed by atoms with Gasteiger partial charge < -0.3 is 15.0 Å². The van der Waals surface area contributed by atoms with Gasteiger partial charge in [0, 0.05) is 50.3 Å². The highest BCUT2D eigenvalue weighted by atomic mass is 16.5. The molecule has 1 amide bonds. The van der Waals surface area contributed by atoms with Crippen LogP contribution in [0.15, 0.2) is 97.3 Å². The van der Waals surface area contributed by atoms with E-state index < -0.39 is 0 Å². The molecular formula is C37H41N3O3. The maximum absolute atomic E-state index is 13.2. The standard InChI is InChI=1S/C37H41N3O3/c41-32(17-14-30-9-8-21-38-28-30)27-29-15-18-33(19-16-29)43-26-20-31-10-2-3-11-34(31)35-12-4-5-13-36(35)37(42)39-22-25-40-23-6-1-7-24-40/h2-5,8-13,15-16,18-19,21,28H,1,6-7,14,17,20,22-27H2,(H,39,42). The summed E-state index contributed by atoms with van der Waals surface area (Å²) in [5.41, 5.74) is 5.88. The molecule has 0 spiro atoms. The zero-order valence-corrected chi connectivity index (χ0v) is 24.8. The van der Waals surface area contributed by atoms with Gasteiger partial charge in [0.1, 0.15) is 11.5 Å². The van der Waals surface area contributed by atoms with E-state index in [-0.39, 0.29) is 11.7 Å². The van der Waals surface area contributed by atoms with Gasteiger partial charge in [-0.05, 0) is 84.4 Å². The lowest BCUT2D eigenvalue weighted by Crippen LogP contribution is -2.37. The van der Waals surface area contributed by atoms with Crippen molar-refractivity contribution in [3.63, 3.8) is 0 Å². The number of benzene rings is 3. The van der Waals surface area contributed by atoms with Crippen LogP contribution in [-0.4, -0.2) is 54.4 Å². The second-order valence-corrected chi connectivity index (χ2v) is 11.2. The summed E-state index contributed by atoms with van der Waals surface area (Å²) < 4.78 is 6.08. The van der Waals surface area contributed by atoms with Gasteiger partial charge in [-0.3, -0.25) is 14.6 Å². The molecule has 5 rings (SSSR count). The number of likely N-dealkylation sites (tertiary alicyclic amines) is 1. The maximum atomic E-state index is 13.2. The van der Waals surface area contributed by atoms with E-state index in [4.69, 9.17) is 4.74 Å². The molecule has 6 nitrogen and oxygen atoms in total. The van der Waals surface area contributed by atoms with E-state index in [9.17, 15) is 9.59 Å². The monoisotopic (exact) mass is 575 g/mol. The van der Waals surface area contributed by atoms with Crippen molar-refractivity contribution in [2.24, 2.45) is 0 Å². The first-order valence-corrected chi connectivity index (χ1v) is 15.5. The van der Waals surface area contributed by atoms with Gasteiger partial charge >= 0.3 is 0 Å². The molecule has 1 aromatic heterocycles. The summed E-state index contributed by atoms with van der Waals surface area (Å²) in [4.78, 5) is 32.2. The normalized spacial score (nSPS) is 13.4. The van der Waals surface area contributed by atoms with Crippen molar-refractivity contribution in [1.82, 2.24) is 15.2 Å². The van der Waals surface area contributed by atoms with Gasteiger partial charge in [-0.2, -0.15) is 0 Å². The number of amides is 1. The first-order chi connectivity index (χ1) is 21.2. The zero-order chi connectivity index (χ0) is 29.7. The average Bonchev–Trinajstić information content (AvgIpc) is 3.06. The molecular weight excluding hydrogens is 534 g/mol. The molecule has 0 radical (unpaired) electrons. The number of ketones is 1. The van der Waals surface area contributed by atoms with Gasteiger partial charge in [-0.15, -0.1) is 0 Å². The minimum Gasteiger partial charge on any atom is -0.493 e. The summed E-state index contributed by atoms with van der Waals surface area (Å²) in [6, 6.07) is 27.7. The summed E-state index contributed by atoms with van der Waals surface area (Å²) in [6.07, 6.45) is 9.70. The Labute approximate surface area is 255 Å². The fourth-order valence-corrected chi connectivity index (χ4v) is 5.65. The number of ether oxygens (including phenoxy) is 1. The summed E-state index contributed by atoms with van der Waals surface area (Å²) >= 11 is 0. The van der Waals surface area contributed by atoms with Crippen LogP contribution in [0.25, 0.3) is 11.1 Å². The summed E-state index contributed by atoms with van der Waals surface area (Å²) in [6.45, 7) is 4.30. The largest absolute Gasteiger partial charge is 0.493 e. The Balaban J connectivity index is 1.13. The van der Waals surface area contributed by atoms with Crippen LogP contribution in [0, 0.1) is 0 Å². The number of piperidine rings is 1. The van der Waals surface area contributed by atoms with E-state index >= 15 is 0 Å². The van der Waals surface area contributed by atoms with Crippen LogP contribution in [0.5, 0.6) is 5.75 Å². The smallest absolute Gasteiger partial charge is 0.251 e. The predicted molar refractivity (Wildman–Crippen MR) is 171 cm³/mol. The molecule has 3 aromatic carbocycles. The SMILES string of the molecule is O=C(CCc1cccnc1)Cc1ccc(OCCc2ccccc2-c2ccccc2C(=O)NCCN2CCCCC2)cc1. The highest BCUT2D eigenvalue weighted by Crippen LogP contribution is 2.28. The van der Waals surface area contributed by atoms with E-state index in [1.165, 1.54) is 19.3 Å². The lowest BCUT2D eigenvalue weighted by Gasteiger charge is -2.26. The van der Waals surface area contributed by atoms with Gasteiger partial charge in [-0.25, -0.2) is 0 Å². The second kappa shape index (κ2) is 15.8. The quantitative estimate of drug-likeness (QED) is 0.190. The number of aromatic nitrogens is 1. The van der Waals surface area contributed by atoms with Crippen molar-refractivity contribution >= 4 is 11.7 Å². The first-order valence-electron chi connectivity index (χ1n) is 15.5. The van der Waals surface area contributed by atoms with Gasteiger partial charge in [-0.1, -0.05) is 67.1 Å². The number of carbonyl (C=O) groups excluding carboxylic acids is 2. The molecule has 1 N–H and O–H groups in total. The Morgan fingerprint density at radius 3 is 2.35 bits per heavy atom. The van der Waals surface area contributed by atoms with Crippen LogP contribution in [0.2, 0.25) is 0 Å². The number of nitrogens with zero attached hydrogens (tertiary/aromatic N) is 2. The van der Waals surface area contributed by atoms with Gasteiger partial charge in [0.25, 0.3) is 5.91 Å². The number of Topliss-reactive ketones (excluding diaryl/α,β-unsaturated/α-hetero) is 1.